The van der Waals surface area contributed by atoms with Crippen molar-refractivity contribution in [1.29, 1.82) is 0 Å². The van der Waals surface area contributed by atoms with Gasteiger partial charge >= 0.3 is 6.09 Å². The molecule has 0 spiro atoms. The van der Waals surface area contributed by atoms with Crippen LogP contribution in [0.5, 0.6) is 5.75 Å². The zero-order valence-electron chi connectivity index (χ0n) is 19.8. The number of hydrogen-bond acceptors (Lipinski definition) is 5. The topological polar surface area (TPSA) is 68.7 Å². The highest BCUT2D eigenvalue weighted by Gasteiger charge is 2.55. The highest BCUT2D eigenvalue weighted by molar-refractivity contribution is 6.31. The summed E-state index contributed by atoms with van der Waals surface area (Å²) in [4.78, 5) is 32.2. The third kappa shape index (κ3) is 4.53. The van der Waals surface area contributed by atoms with E-state index in [-0.39, 0.29) is 23.7 Å². The molecule has 0 N–H and O–H groups in total. The largest absolute Gasteiger partial charge is 0.497 e. The summed E-state index contributed by atoms with van der Waals surface area (Å²) in [6.07, 6.45) is 4.86. The maximum Gasteiger partial charge on any atom is 0.417 e. The van der Waals surface area contributed by atoms with Gasteiger partial charge in [0.1, 0.15) is 11.4 Å². The fourth-order valence-electron chi connectivity index (χ4n) is 5.07. The molecule has 1 fully saturated rings. The number of methoxy groups -OCH3 is 1. The second kappa shape index (κ2) is 9.23. The summed E-state index contributed by atoms with van der Waals surface area (Å²) in [5.74, 6) is -0.679. The van der Waals surface area contributed by atoms with E-state index >= 15 is 0 Å². The van der Waals surface area contributed by atoms with Gasteiger partial charge in [-0.05, 0) is 57.5 Å². The molecular weight excluding hydrogens is 475 g/mol. The number of imide groups is 1. The van der Waals surface area contributed by atoms with Crippen molar-refractivity contribution in [1.82, 2.24) is 9.88 Å². The lowest BCUT2D eigenvalue weighted by atomic mass is 9.66. The van der Waals surface area contributed by atoms with Crippen molar-refractivity contribution in [2.75, 3.05) is 7.11 Å². The molecule has 2 amide bonds. The Labute approximate surface area is 209 Å². The summed E-state index contributed by atoms with van der Waals surface area (Å²) in [6, 6.07) is 8.84. The highest BCUT2D eigenvalue weighted by Crippen LogP contribution is 2.53. The van der Waals surface area contributed by atoms with E-state index in [0.29, 0.717) is 15.8 Å². The van der Waals surface area contributed by atoms with E-state index in [9.17, 15) is 9.59 Å². The molecule has 8 heteroatoms. The van der Waals surface area contributed by atoms with Crippen LogP contribution in [0.1, 0.15) is 50.8 Å². The molecule has 1 aliphatic carbocycles. The maximum atomic E-state index is 13.4. The van der Waals surface area contributed by atoms with Crippen molar-refractivity contribution in [3.63, 3.8) is 0 Å². The van der Waals surface area contributed by atoms with Gasteiger partial charge in [0.15, 0.2) is 0 Å². The van der Waals surface area contributed by atoms with Crippen LogP contribution < -0.4 is 4.74 Å². The van der Waals surface area contributed by atoms with Crippen LogP contribution in [0.15, 0.2) is 48.7 Å². The molecule has 0 radical (unpaired) electrons. The maximum absolute atomic E-state index is 13.4. The molecule has 0 unspecified atom stereocenters. The zero-order valence-corrected chi connectivity index (χ0v) is 21.3. The molecule has 5 atom stereocenters. The number of amides is 2. The van der Waals surface area contributed by atoms with Gasteiger partial charge < -0.3 is 9.47 Å². The van der Waals surface area contributed by atoms with Gasteiger partial charge in [-0.15, -0.1) is 0 Å². The minimum atomic E-state index is -0.711. The quantitative estimate of drug-likeness (QED) is 0.465. The average Bonchev–Trinajstić information content (AvgIpc) is 3.02. The van der Waals surface area contributed by atoms with Crippen LogP contribution in [0.25, 0.3) is 0 Å². The van der Waals surface area contributed by atoms with Crippen molar-refractivity contribution in [3.8, 4) is 5.75 Å². The smallest absolute Gasteiger partial charge is 0.417 e. The van der Waals surface area contributed by atoms with Crippen LogP contribution in [0.2, 0.25) is 10.0 Å². The SMILES string of the molecule is COc1ccc([C@@H]2C=C[C@@H]3C(=O)N(C(=O)OC(C)(C)C)[C@@H](C)[C@H]3[C@H]2c2ccc(Cl)cn2)c(Cl)c1. The van der Waals surface area contributed by atoms with Gasteiger partial charge in [-0.1, -0.05) is 41.4 Å². The predicted octanol–water partition coefficient (Wildman–Crippen LogP) is 6.23. The first-order valence-electron chi connectivity index (χ1n) is 11.2. The number of ether oxygens (including phenoxy) is 2. The number of carbonyl (C=O) groups is 2. The lowest BCUT2D eigenvalue weighted by Gasteiger charge is -2.37. The van der Waals surface area contributed by atoms with Crippen LogP contribution in [0, 0.1) is 11.8 Å². The molecule has 180 valence electrons. The summed E-state index contributed by atoms with van der Waals surface area (Å²) >= 11 is 12.8. The molecule has 4 rings (SSSR count). The fraction of sp³-hybridized carbons (Fsp3) is 0.423. The zero-order chi connectivity index (χ0) is 24.8. The van der Waals surface area contributed by atoms with Crippen molar-refractivity contribution in [2.24, 2.45) is 11.8 Å². The summed E-state index contributed by atoms with van der Waals surface area (Å²) in [7, 11) is 1.59. The first-order chi connectivity index (χ1) is 16.0. The number of carbonyl (C=O) groups excluding carboxylic acids is 2. The minimum absolute atomic E-state index is 0.165. The summed E-state index contributed by atoms with van der Waals surface area (Å²) in [5.41, 5.74) is 0.970. The molecule has 6 nitrogen and oxygen atoms in total. The number of allylic oxidation sites excluding steroid dienone is 1. The Hall–Kier alpha value is -2.57. The van der Waals surface area contributed by atoms with Crippen molar-refractivity contribution < 1.29 is 19.1 Å². The van der Waals surface area contributed by atoms with Gasteiger partial charge in [-0.25, -0.2) is 9.69 Å². The number of aromatic nitrogens is 1. The van der Waals surface area contributed by atoms with Gasteiger partial charge in [-0.2, -0.15) is 0 Å². The highest BCUT2D eigenvalue weighted by atomic mass is 35.5. The van der Waals surface area contributed by atoms with Crippen LogP contribution in [0.3, 0.4) is 0 Å². The third-order valence-corrected chi connectivity index (χ3v) is 7.03. The molecule has 0 saturated carbocycles. The molecule has 0 bridgehead atoms. The van der Waals surface area contributed by atoms with Gasteiger partial charge in [0.25, 0.3) is 0 Å². The van der Waals surface area contributed by atoms with Crippen LogP contribution in [-0.4, -0.2) is 40.6 Å². The summed E-state index contributed by atoms with van der Waals surface area (Å²) in [5, 5.41) is 1.09. The van der Waals surface area contributed by atoms with Gasteiger partial charge in [0.2, 0.25) is 5.91 Å². The Morgan fingerprint density at radius 3 is 2.38 bits per heavy atom. The predicted molar refractivity (Wildman–Crippen MR) is 131 cm³/mol. The molecule has 1 aromatic carbocycles. The first kappa shape index (κ1) is 24.6. The Morgan fingerprint density at radius 1 is 1.09 bits per heavy atom. The van der Waals surface area contributed by atoms with E-state index < -0.39 is 23.7 Å². The Balaban J connectivity index is 1.79. The number of hydrogen-bond donors (Lipinski definition) is 0. The molecule has 2 aliphatic rings. The van der Waals surface area contributed by atoms with E-state index in [1.165, 1.54) is 4.90 Å². The van der Waals surface area contributed by atoms with E-state index in [2.05, 4.69) is 4.98 Å². The van der Waals surface area contributed by atoms with Crippen LogP contribution >= 0.6 is 23.2 Å². The second-order valence-electron chi connectivity index (χ2n) is 9.76. The number of rotatable bonds is 3. The number of pyridine rings is 1. The molecule has 1 saturated heterocycles. The van der Waals surface area contributed by atoms with E-state index in [1.807, 2.05) is 37.3 Å². The third-order valence-electron chi connectivity index (χ3n) is 6.48. The first-order valence-corrected chi connectivity index (χ1v) is 12.0. The van der Waals surface area contributed by atoms with Gasteiger partial charge in [0, 0.05) is 40.7 Å². The van der Waals surface area contributed by atoms with Crippen molar-refractivity contribution in [2.45, 2.75) is 51.2 Å². The summed E-state index contributed by atoms with van der Waals surface area (Å²) < 4.78 is 10.9. The van der Waals surface area contributed by atoms with Gasteiger partial charge in [-0.3, -0.25) is 9.78 Å². The molecule has 2 aromatic rings. The van der Waals surface area contributed by atoms with E-state index in [0.717, 1.165) is 11.3 Å². The average molecular weight is 503 g/mol. The van der Waals surface area contributed by atoms with E-state index in [1.54, 1.807) is 46.2 Å². The number of nitrogens with zero attached hydrogens (tertiary/aromatic N) is 2. The summed E-state index contributed by atoms with van der Waals surface area (Å²) in [6.45, 7) is 7.24. The molecular formula is C26H28Cl2N2O4. The van der Waals surface area contributed by atoms with Gasteiger partial charge in [0.05, 0.1) is 18.1 Å². The lowest BCUT2D eigenvalue weighted by molar-refractivity contribution is -0.130. The Morgan fingerprint density at radius 2 is 1.79 bits per heavy atom. The van der Waals surface area contributed by atoms with Crippen LogP contribution in [-0.2, 0) is 9.53 Å². The number of benzene rings is 1. The Bertz CT molecular complexity index is 1130. The number of likely N-dealkylation sites (tertiary alicyclic amines) is 1. The van der Waals surface area contributed by atoms with Crippen molar-refractivity contribution >= 4 is 35.2 Å². The molecule has 1 aromatic heterocycles. The van der Waals surface area contributed by atoms with Crippen LogP contribution in [0.4, 0.5) is 4.79 Å². The standard InChI is InChI=1S/C26H28Cl2N2O4/c1-14-22-19(24(31)30(14)25(32)34-26(2,3)4)10-9-18(17-8-7-16(33-5)12-20(17)28)23(22)21-11-6-15(27)13-29-21/h6-14,18-19,22-23H,1-5H3/t14-,18-,19-,22+,23+/m0/s1. The number of fused-ring (bicyclic) bond motifs is 1. The van der Waals surface area contributed by atoms with Crippen molar-refractivity contribution in [3.05, 3.63) is 70.0 Å². The monoisotopic (exact) mass is 502 g/mol. The molecule has 2 heterocycles. The molecule has 34 heavy (non-hydrogen) atoms. The Kier molecular flexibility index (Phi) is 6.67. The van der Waals surface area contributed by atoms with E-state index in [4.69, 9.17) is 32.7 Å². The second-order valence-corrected chi connectivity index (χ2v) is 10.6. The number of halogens is 2. The minimum Gasteiger partial charge on any atom is -0.497 e. The normalized spacial score (nSPS) is 26.4. The molecule has 1 aliphatic heterocycles. The lowest BCUT2D eigenvalue weighted by Crippen LogP contribution is -2.43. The fourth-order valence-corrected chi connectivity index (χ4v) is 5.47.